The molecule has 2 aromatic heterocycles. The molecule has 1 N–H and O–H groups in total. The fourth-order valence-electron chi connectivity index (χ4n) is 1.22. The van der Waals surface area contributed by atoms with Crippen molar-refractivity contribution >= 4 is 49.4 Å². The molecule has 0 atom stereocenters. The standard InChI is InChI=1S/C8H6BrIN2/c1-4-8-5(2-7(9)12-4)6(10)3-11-8/h2-3,11H,1H3. The van der Waals surface area contributed by atoms with E-state index in [1.165, 1.54) is 8.96 Å². The molecule has 2 rings (SSSR count). The lowest BCUT2D eigenvalue weighted by molar-refractivity contribution is 1.19. The van der Waals surface area contributed by atoms with E-state index in [0.717, 1.165) is 15.8 Å². The van der Waals surface area contributed by atoms with Crippen LogP contribution >= 0.6 is 38.5 Å². The summed E-state index contributed by atoms with van der Waals surface area (Å²) in [6.07, 6.45) is 1.99. The second-order valence-corrected chi connectivity index (χ2v) is 4.56. The van der Waals surface area contributed by atoms with E-state index in [-0.39, 0.29) is 0 Å². The van der Waals surface area contributed by atoms with E-state index in [1.54, 1.807) is 0 Å². The number of hydrogen-bond donors (Lipinski definition) is 1. The van der Waals surface area contributed by atoms with Crippen molar-refractivity contribution in [2.75, 3.05) is 0 Å². The van der Waals surface area contributed by atoms with Gasteiger partial charge in [0.25, 0.3) is 0 Å². The van der Waals surface area contributed by atoms with Crippen LogP contribution in [0.2, 0.25) is 0 Å². The summed E-state index contributed by atoms with van der Waals surface area (Å²) in [5.41, 5.74) is 2.16. The molecule has 0 amide bonds. The van der Waals surface area contributed by atoms with Gasteiger partial charge in [0.15, 0.2) is 0 Å². The summed E-state index contributed by atoms with van der Waals surface area (Å²) in [5.74, 6) is 0. The van der Waals surface area contributed by atoms with Gasteiger partial charge in [-0.05, 0) is 51.5 Å². The van der Waals surface area contributed by atoms with Gasteiger partial charge in [0.2, 0.25) is 0 Å². The van der Waals surface area contributed by atoms with Crippen LogP contribution < -0.4 is 0 Å². The van der Waals surface area contributed by atoms with Gasteiger partial charge < -0.3 is 4.98 Å². The van der Waals surface area contributed by atoms with E-state index in [4.69, 9.17) is 0 Å². The quantitative estimate of drug-likeness (QED) is 0.580. The fraction of sp³-hybridized carbons (Fsp3) is 0.125. The number of rotatable bonds is 0. The molecule has 0 radical (unpaired) electrons. The van der Waals surface area contributed by atoms with Crippen molar-refractivity contribution < 1.29 is 0 Å². The van der Waals surface area contributed by atoms with E-state index < -0.39 is 0 Å². The lowest BCUT2D eigenvalue weighted by atomic mass is 10.3. The number of hydrogen-bond acceptors (Lipinski definition) is 1. The average molecular weight is 337 g/mol. The first-order chi connectivity index (χ1) is 5.68. The molecule has 2 heterocycles. The smallest absolute Gasteiger partial charge is 0.107 e. The van der Waals surface area contributed by atoms with Gasteiger partial charge in [0, 0.05) is 15.2 Å². The Morgan fingerprint density at radius 1 is 1.58 bits per heavy atom. The van der Waals surface area contributed by atoms with E-state index in [2.05, 4.69) is 48.5 Å². The first-order valence-electron chi connectivity index (χ1n) is 3.48. The predicted molar refractivity (Wildman–Crippen MR) is 61.2 cm³/mol. The Morgan fingerprint density at radius 2 is 2.33 bits per heavy atom. The van der Waals surface area contributed by atoms with Crippen molar-refractivity contribution in [3.63, 3.8) is 0 Å². The highest BCUT2D eigenvalue weighted by Crippen LogP contribution is 2.24. The van der Waals surface area contributed by atoms with Crippen LogP contribution in [0.1, 0.15) is 5.69 Å². The van der Waals surface area contributed by atoms with Gasteiger partial charge >= 0.3 is 0 Å². The Bertz CT molecular complexity index is 436. The molecule has 0 saturated carbocycles. The van der Waals surface area contributed by atoms with Crippen molar-refractivity contribution in [1.29, 1.82) is 0 Å². The van der Waals surface area contributed by atoms with Crippen LogP contribution in [0, 0.1) is 10.5 Å². The number of fused-ring (bicyclic) bond motifs is 1. The minimum Gasteiger partial charge on any atom is -0.359 e. The van der Waals surface area contributed by atoms with Crippen LogP contribution in [-0.4, -0.2) is 9.97 Å². The molecule has 12 heavy (non-hydrogen) atoms. The molecule has 62 valence electrons. The van der Waals surface area contributed by atoms with E-state index in [9.17, 15) is 0 Å². The third-order valence-corrected chi connectivity index (χ3v) is 3.07. The summed E-state index contributed by atoms with van der Waals surface area (Å²) in [6, 6.07) is 2.03. The average Bonchev–Trinajstić information content (AvgIpc) is 2.33. The van der Waals surface area contributed by atoms with Crippen molar-refractivity contribution in [3.8, 4) is 0 Å². The minimum absolute atomic E-state index is 0.894. The lowest BCUT2D eigenvalue weighted by Gasteiger charge is -1.96. The van der Waals surface area contributed by atoms with Crippen molar-refractivity contribution in [1.82, 2.24) is 9.97 Å². The molecule has 0 unspecified atom stereocenters. The second kappa shape index (κ2) is 2.99. The largest absolute Gasteiger partial charge is 0.359 e. The third-order valence-electron chi connectivity index (χ3n) is 1.77. The van der Waals surface area contributed by atoms with Gasteiger partial charge in [0.1, 0.15) is 4.60 Å². The summed E-state index contributed by atoms with van der Waals surface area (Å²) >= 11 is 5.68. The lowest BCUT2D eigenvalue weighted by Crippen LogP contribution is -1.83. The molecule has 0 aliphatic rings. The SMILES string of the molecule is Cc1nc(Br)cc2c(I)c[nH]c12. The van der Waals surface area contributed by atoms with Crippen LogP contribution in [0.3, 0.4) is 0 Å². The van der Waals surface area contributed by atoms with Crippen molar-refractivity contribution in [2.45, 2.75) is 6.92 Å². The Hall–Kier alpha value is -0.100. The molecule has 0 spiro atoms. The first-order valence-corrected chi connectivity index (χ1v) is 5.35. The summed E-state index contributed by atoms with van der Waals surface area (Å²) in [4.78, 5) is 7.49. The van der Waals surface area contributed by atoms with Crippen LogP contribution in [0.25, 0.3) is 10.9 Å². The van der Waals surface area contributed by atoms with Crippen LogP contribution in [0.4, 0.5) is 0 Å². The number of pyridine rings is 1. The number of halogens is 2. The van der Waals surface area contributed by atoms with Crippen molar-refractivity contribution in [3.05, 3.63) is 26.1 Å². The molecular formula is C8H6BrIN2. The molecule has 0 fully saturated rings. The topological polar surface area (TPSA) is 28.7 Å². The number of nitrogens with one attached hydrogen (secondary N) is 1. The maximum absolute atomic E-state index is 4.30. The number of aromatic amines is 1. The Labute approximate surface area is 92.0 Å². The Morgan fingerprint density at radius 3 is 3.08 bits per heavy atom. The molecular weight excluding hydrogens is 331 g/mol. The first kappa shape index (κ1) is 8.50. The Balaban J connectivity index is 2.92. The highest BCUT2D eigenvalue weighted by atomic mass is 127. The maximum Gasteiger partial charge on any atom is 0.107 e. The molecule has 4 heteroatoms. The molecule has 0 saturated heterocycles. The molecule has 0 bridgehead atoms. The summed E-state index contributed by atoms with van der Waals surface area (Å²) < 4.78 is 2.12. The van der Waals surface area contributed by atoms with Crippen LogP contribution in [-0.2, 0) is 0 Å². The van der Waals surface area contributed by atoms with Gasteiger partial charge in [-0.2, -0.15) is 0 Å². The number of H-pyrrole nitrogens is 1. The zero-order valence-electron chi connectivity index (χ0n) is 6.36. The summed E-state index contributed by atoms with van der Waals surface area (Å²) in [5, 5.41) is 1.23. The van der Waals surface area contributed by atoms with Gasteiger partial charge in [-0.1, -0.05) is 0 Å². The fourth-order valence-corrected chi connectivity index (χ4v) is 2.29. The van der Waals surface area contributed by atoms with Crippen LogP contribution in [0.15, 0.2) is 16.9 Å². The normalized spacial score (nSPS) is 10.9. The minimum atomic E-state index is 0.894. The summed E-state index contributed by atoms with van der Waals surface area (Å²) in [6.45, 7) is 2.00. The zero-order valence-corrected chi connectivity index (χ0v) is 10.1. The van der Waals surface area contributed by atoms with Gasteiger partial charge in [0.05, 0.1) is 11.2 Å². The highest BCUT2D eigenvalue weighted by molar-refractivity contribution is 14.1. The van der Waals surface area contributed by atoms with Gasteiger partial charge in [-0.25, -0.2) is 4.98 Å². The van der Waals surface area contributed by atoms with E-state index >= 15 is 0 Å². The second-order valence-electron chi connectivity index (χ2n) is 2.59. The predicted octanol–water partition coefficient (Wildman–Crippen LogP) is 3.24. The van der Waals surface area contributed by atoms with E-state index in [1.807, 2.05) is 19.2 Å². The molecule has 0 aromatic carbocycles. The Kier molecular flexibility index (Phi) is 2.12. The molecule has 2 aromatic rings. The maximum atomic E-state index is 4.30. The number of nitrogens with zero attached hydrogens (tertiary/aromatic N) is 1. The van der Waals surface area contributed by atoms with E-state index in [0.29, 0.717) is 0 Å². The van der Waals surface area contributed by atoms with Gasteiger partial charge in [-0.3, -0.25) is 0 Å². The molecule has 0 aliphatic carbocycles. The number of aryl methyl sites for hydroxylation is 1. The monoisotopic (exact) mass is 336 g/mol. The van der Waals surface area contributed by atoms with Crippen LogP contribution in [0.5, 0.6) is 0 Å². The zero-order chi connectivity index (χ0) is 8.72. The highest BCUT2D eigenvalue weighted by Gasteiger charge is 2.04. The molecule has 0 aliphatic heterocycles. The van der Waals surface area contributed by atoms with Crippen molar-refractivity contribution in [2.24, 2.45) is 0 Å². The van der Waals surface area contributed by atoms with Gasteiger partial charge in [-0.15, -0.1) is 0 Å². The number of aromatic nitrogens is 2. The summed E-state index contributed by atoms with van der Waals surface area (Å²) in [7, 11) is 0. The third kappa shape index (κ3) is 1.26. The molecule has 2 nitrogen and oxygen atoms in total.